The van der Waals surface area contributed by atoms with Crippen LogP contribution in [0, 0.1) is 12.7 Å². The minimum absolute atomic E-state index is 0.139. The van der Waals surface area contributed by atoms with Crippen molar-refractivity contribution in [2.45, 2.75) is 13.0 Å². The number of rotatable bonds is 6. The van der Waals surface area contributed by atoms with Gasteiger partial charge in [-0.1, -0.05) is 36.4 Å². The van der Waals surface area contributed by atoms with Gasteiger partial charge in [-0.2, -0.15) is 5.10 Å². The zero-order valence-corrected chi connectivity index (χ0v) is 18.7. The quantitative estimate of drug-likeness (QED) is 0.356. The number of aliphatic hydroxyl groups is 1. The van der Waals surface area contributed by atoms with Gasteiger partial charge in [0.2, 0.25) is 0 Å². The molecule has 3 aromatic rings. The molecule has 1 amide bonds. The van der Waals surface area contributed by atoms with Crippen LogP contribution in [0.2, 0.25) is 0 Å². The van der Waals surface area contributed by atoms with Crippen LogP contribution >= 0.6 is 0 Å². The van der Waals surface area contributed by atoms with Crippen molar-refractivity contribution < 1.29 is 19.1 Å². The molecule has 8 heteroatoms. The highest BCUT2D eigenvalue weighted by atomic mass is 19.1. The Bertz CT molecular complexity index is 1230. The van der Waals surface area contributed by atoms with Crippen LogP contribution in [-0.4, -0.2) is 63.6 Å². The van der Waals surface area contributed by atoms with Crippen LogP contribution < -0.4 is 0 Å². The number of hydrogen-bond donors (Lipinski definition) is 1. The molecule has 4 rings (SSSR count). The van der Waals surface area contributed by atoms with Gasteiger partial charge in [-0.25, -0.2) is 9.07 Å². The standard InChI is InChI=1S/C25H25FN4O3/c1-16-19(15-27-30(16)17-9-5-4-6-10-17)23(31)21-22(18-11-7-8-12-20(18)26)29(14-13-28(2)3)25(33)24(21)32/h4-12,15,22,31H,13-14H2,1-3H3. The molecule has 1 atom stereocenters. The van der Waals surface area contributed by atoms with E-state index < -0.39 is 23.5 Å². The molecule has 0 bridgehead atoms. The first-order chi connectivity index (χ1) is 15.8. The van der Waals surface area contributed by atoms with Crippen LogP contribution in [0.1, 0.15) is 22.9 Å². The number of aromatic nitrogens is 2. The third-order valence-electron chi connectivity index (χ3n) is 5.79. The minimum Gasteiger partial charge on any atom is -0.507 e. The van der Waals surface area contributed by atoms with E-state index in [2.05, 4.69) is 5.10 Å². The van der Waals surface area contributed by atoms with Gasteiger partial charge in [0.15, 0.2) is 0 Å². The Morgan fingerprint density at radius 1 is 1.09 bits per heavy atom. The first-order valence-electron chi connectivity index (χ1n) is 10.6. The van der Waals surface area contributed by atoms with Gasteiger partial charge < -0.3 is 14.9 Å². The number of likely N-dealkylation sites (N-methyl/N-ethyl adjacent to an activating group) is 1. The van der Waals surface area contributed by atoms with Crippen molar-refractivity contribution >= 4 is 17.4 Å². The van der Waals surface area contributed by atoms with Gasteiger partial charge in [0.25, 0.3) is 11.7 Å². The van der Waals surface area contributed by atoms with Crippen LogP contribution in [0.15, 0.2) is 66.4 Å². The number of benzene rings is 2. The van der Waals surface area contributed by atoms with Gasteiger partial charge in [-0.05, 0) is 39.2 Å². The maximum atomic E-state index is 14.8. The van der Waals surface area contributed by atoms with E-state index in [1.165, 1.54) is 23.2 Å². The summed E-state index contributed by atoms with van der Waals surface area (Å²) in [5.41, 5.74) is 1.70. The van der Waals surface area contributed by atoms with Gasteiger partial charge in [-0.15, -0.1) is 0 Å². The lowest BCUT2D eigenvalue weighted by atomic mass is 9.95. The van der Waals surface area contributed by atoms with Gasteiger partial charge >= 0.3 is 0 Å². The third kappa shape index (κ3) is 4.05. The summed E-state index contributed by atoms with van der Waals surface area (Å²) in [5.74, 6) is -2.53. The molecule has 1 fully saturated rings. The molecule has 7 nitrogen and oxygen atoms in total. The second kappa shape index (κ2) is 8.99. The highest BCUT2D eigenvalue weighted by Gasteiger charge is 2.47. The van der Waals surface area contributed by atoms with Gasteiger partial charge in [0, 0.05) is 18.7 Å². The highest BCUT2D eigenvalue weighted by molar-refractivity contribution is 6.46. The number of halogens is 1. The number of amides is 1. The van der Waals surface area contributed by atoms with Crippen molar-refractivity contribution in [2.75, 3.05) is 27.2 Å². The van der Waals surface area contributed by atoms with Crippen molar-refractivity contribution in [1.29, 1.82) is 0 Å². The predicted octanol–water partition coefficient (Wildman–Crippen LogP) is 3.30. The Morgan fingerprint density at radius 2 is 1.76 bits per heavy atom. The van der Waals surface area contributed by atoms with Crippen LogP contribution in [0.5, 0.6) is 0 Å². The lowest BCUT2D eigenvalue weighted by Crippen LogP contribution is -2.35. The second-order valence-electron chi connectivity index (χ2n) is 8.21. The SMILES string of the molecule is Cc1c(C(O)=C2C(=O)C(=O)N(CCN(C)C)C2c2ccccc2F)cnn1-c1ccccc1. The van der Waals surface area contributed by atoms with Crippen molar-refractivity contribution in [3.05, 3.63) is 89.0 Å². The molecule has 1 saturated heterocycles. The second-order valence-corrected chi connectivity index (χ2v) is 8.21. The average molecular weight is 448 g/mol. The molecule has 1 N–H and O–H groups in total. The molecule has 1 aliphatic heterocycles. The predicted molar refractivity (Wildman–Crippen MR) is 122 cm³/mol. The molecule has 170 valence electrons. The van der Waals surface area contributed by atoms with Crippen molar-refractivity contribution in [3.8, 4) is 5.69 Å². The number of carbonyl (C=O) groups is 2. The van der Waals surface area contributed by atoms with Crippen molar-refractivity contribution in [3.63, 3.8) is 0 Å². The number of aliphatic hydroxyl groups excluding tert-OH is 1. The fourth-order valence-electron chi connectivity index (χ4n) is 4.06. The van der Waals surface area contributed by atoms with Crippen LogP contribution in [-0.2, 0) is 9.59 Å². The molecule has 1 unspecified atom stereocenters. The van der Waals surface area contributed by atoms with E-state index in [1.807, 2.05) is 49.3 Å². The van der Waals surface area contributed by atoms with E-state index in [4.69, 9.17) is 0 Å². The van der Waals surface area contributed by atoms with E-state index in [9.17, 15) is 19.1 Å². The zero-order valence-electron chi connectivity index (χ0n) is 18.7. The third-order valence-corrected chi connectivity index (χ3v) is 5.79. The first kappa shape index (κ1) is 22.4. The number of hydrogen-bond acceptors (Lipinski definition) is 5. The van der Waals surface area contributed by atoms with E-state index >= 15 is 0 Å². The van der Waals surface area contributed by atoms with Crippen molar-refractivity contribution in [1.82, 2.24) is 19.6 Å². The normalized spacial score (nSPS) is 17.8. The number of Topliss-reactive ketones (excluding diaryl/α,β-unsaturated/α-hetero) is 1. The smallest absolute Gasteiger partial charge is 0.295 e. The molecule has 2 aromatic carbocycles. The van der Waals surface area contributed by atoms with Crippen LogP contribution in [0.3, 0.4) is 0 Å². The number of nitrogens with zero attached hydrogens (tertiary/aromatic N) is 4. The minimum atomic E-state index is -1.04. The monoisotopic (exact) mass is 448 g/mol. The molecule has 33 heavy (non-hydrogen) atoms. The summed E-state index contributed by atoms with van der Waals surface area (Å²) in [6.07, 6.45) is 1.45. The van der Waals surface area contributed by atoms with Gasteiger partial charge in [-0.3, -0.25) is 9.59 Å². The lowest BCUT2D eigenvalue weighted by molar-refractivity contribution is -0.140. The summed E-state index contributed by atoms with van der Waals surface area (Å²) in [6, 6.07) is 14.3. The molecular formula is C25H25FN4O3. The molecule has 1 aliphatic rings. The number of para-hydroxylation sites is 1. The maximum absolute atomic E-state index is 14.8. The number of likely N-dealkylation sites (tertiary alicyclic amines) is 1. The molecule has 0 saturated carbocycles. The number of carbonyl (C=O) groups excluding carboxylic acids is 2. The Morgan fingerprint density at radius 3 is 2.42 bits per heavy atom. The Balaban J connectivity index is 1.86. The highest BCUT2D eigenvalue weighted by Crippen LogP contribution is 2.40. The maximum Gasteiger partial charge on any atom is 0.295 e. The van der Waals surface area contributed by atoms with Crippen LogP contribution in [0.25, 0.3) is 11.4 Å². The van der Waals surface area contributed by atoms with Gasteiger partial charge in [0.05, 0.1) is 34.8 Å². The molecule has 2 heterocycles. The average Bonchev–Trinajstić information content (AvgIpc) is 3.30. The summed E-state index contributed by atoms with van der Waals surface area (Å²) in [4.78, 5) is 29.2. The summed E-state index contributed by atoms with van der Waals surface area (Å²) in [5, 5.41) is 15.6. The Hall–Kier alpha value is -3.78. The van der Waals surface area contributed by atoms with Crippen LogP contribution in [0.4, 0.5) is 4.39 Å². The largest absolute Gasteiger partial charge is 0.507 e. The first-order valence-corrected chi connectivity index (χ1v) is 10.6. The summed E-state index contributed by atoms with van der Waals surface area (Å²) in [7, 11) is 3.69. The summed E-state index contributed by atoms with van der Waals surface area (Å²) >= 11 is 0. The fraction of sp³-hybridized carbons (Fsp3) is 0.240. The van der Waals surface area contributed by atoms with E-state index in [0.29, 0.717) is 17.8 Å². The molecular weight excluding hydrogens is 423 g/mol. The summed E-state index contributed by atoms with van der Waals surface area (Å²) < 4.78 is 16.5. The van der Waals surface area contributed by atoms with Crippen molar-refractivity contribution in [2.24, 2.45) is 0 Å². The van der Waals surface area contributed by atoms with E-state index in [-0.39, 0.29) is 23.4 Å². The summed E-state index contributed by atoms with van der Waals surface area (Å²) in [6.45, 7) is 2.44. The Kier molecular flexibility index (Phi) is 6.11. The Labute approximate surface area is 191 Å². The van der Waals surface area contributed by atoms with E-state index in [1.54, 1.807) is 23.7 Å². The topological polar surface area (TPSA) is 78.7 Å². The molecule has 0 radical (unpaired) electrons. The number of ketones is 1. The van der Waals surface area contributed by atoms with E-state index in [0.717, 1.165) is 5.69 Å². The van der Waals surface area contributed by atoms with Gasteiger partial charge in [0.1, 0.15) is 11.6 Å². The molecule has 0 aliphatic carbocycles. The zero-order chi connectivity index (χ0) is 23.7. The lowest BCUT2D eigenvalue weighted by Gasteiger charge is -2.26. The molecule has 0 spiro atoms. The fourth-order valence-corrected chi connectivity index (χ4v) is 4.06. The molecule has 1 aromatic heterocycles.